The lowest BCUT2D eigenvalue weighted by molar-refractivity contribution is -0.136. The molecule has 2 aliphatic heterocycles. The first-order valence-corrected chi connectivity index (χ1v) is 10.4. The molecule has 162 valence electrons. The van der Waals surface area contributed by atoms with Gasteiger partial charge in [-0.25, -0.2) is 4.98 Å². The molecule has 0 saturated carbocycles. The molecular formula is C24H21N3O5. The van der Waals surface area contributed by atoms with Gasteiger partial charge in [0.1, 0.15) is 17.5 Å². The molecule has 1 atom stereocenters. The normalized spacial score (nSPS) is 17.7. The molecular weight excluding hydrogens is 410 g/mol. The van der Waals surface area contributed by atoms with Gasteiger partial charge in [-0.2, -0.15) is 0 Å². The molecule has 1 saturated heterocycles. The highest BCUT2D eigenvalue weighted by Gasteiger charge is 2.45. The number of amides is 4. The summed E-state index contributed by atoms with van der Waals surface area (Å²) in [6.07, 6.45) is 9.65. The third kappa shape index (κ3) is 4.10. The van der Waals surface area contributed by atoms with Crippen LogP contribution >= 0.6 is 0 Å². The molecule has 4 amide bonds. The van der Waals surface area contributed by atoms with E-state index in [1.807, 2.05) is 6.07 Å². The Morgan fingerprint density at radius 1 is 1.12 bits per heavy atom. The number of terminal acetylenes is 1. The van der Waals surface area contributed by atoms with E-state index < -0.39 is 29.7 Å². The lowest BCUT2D eigenvalue weighted by atomic mass is 10.0. The van der Waals surface area contributed by atoms with Crippen LogP contribution in [0.2, 0.25) is 0 Å². The van der Waals surface area contributed by atoms with Gasteiger partial charge in [-0.3, -0.25) is 29.4 Å². The highest BCUT2D eigenvalue weighted by atomic mass is 16.5. The predicted molar refractivity (Wildman–Crippen MR) is 114 cm³/mol. The van der Waals surface area contributed by atoms with Crippen molar-refractivity contribution in [2.75, 3.05) is 6.61 Å². The van der Waals surface area contributed by atoms with Crippen molar-refractivity contribution >= 4 is 23.6 Å². The van der Waals surface area contributed by atoms with Crippen LogP contribution < -0.4 is 10.1 Å². The van der Waals surface area contributed by atoms with Crippen molar-refractivity contribution in [1.29, 1.82) is 0 Å². The van der Waals surface area contributed by atoms with Crippen LogP contribution in [0.4, 0.5) is 0 Å². The summed E-state index contributed by atoms with van der Waals surface area (Å²) in [6, 6.07) is 7.58. The average molecular weight is 431 g/mol. The lowest BCUT2D eigenvalue weighted by Gasteiger charge is -2.27. The van der Waals surface area contributed by atoms with Crippen molar-refractivity contribution in [3.05, 3.63) is 58.9 Å². The zero-order chi connectivity index (χ0) is 22.7. The first-order valence-electron chi connectivity index (χ1n) is 10.4. The molecule has 0 spiro atoms. The van der Waals surface area contributed by atoms with Crippen LogP contribution in [0.5, 0.6) is 5.75 Å². The number of aromatic nitrogens is 1. The van der Waals surface area contributed by atoms with Gasteiger partial charge in [0.2, 0.25) is 11.8 Å². The van der Waals surface area contributed by atoms with Crippen LogP contribution in [0, 0.1) is 12.3 Å². The number of imide groups is 2. The van der Waals surface area contributed by atoms with E-state index in [2.05, 4.69) is 16.2 Å². The summed E-state index contributed by atoms with van der Waals surface area (Å²) in [5.41, 5.74) is 2.04. The molecule has 1 aromatic heterocycles. The van der Waals surface area contributed by atoms with E-state index in [0.717, 1.165) is 29.7 Å². The fourth-order valence-corrected chi connectivity index (χ4v) is 3.88. The number of carbonyl (C=O) groups is 4. The lowest BCUT2D eigenvalue weighted by Crippen LogP contribution is -2.54. The highest BCUT2D eigenvalue weighted by molar-refractivity contribution is 6.24. The summed E-state index contributed by atoms with van der Waals surface area (Å²) in [4.78, 5) is 54.6. The topological polar surface area (TPSA) is 106 Å². The molecule has 4 rings (SSSR count). The maximum absolute atomic E-state index is 13.0. The number of aryl methyl sites for hydroxylation is 1. The molecule has 1 fully saturated rings. The Morgan fingerprint density at radius 3 is 2.69 bits per heavy atom. The Balaban J connectivity index is 1.38. The van der Waals surface area contributed by atoms with Crippen molar-refractivity contribution < 1.29 is 23.9 Å². The van der Waals surface area contributed by atoms with E-state index in [-0.39, 0.29) is 24.0 Å². The van der Waals surface area contributed by atoms with Crippen molar-refractivity contribution in [1.82, 2.24) is 15.2 Å². The highest BCUT2D eigenvalue weighted by Crippen LogP contribution is 2.33. The number of hydrogen-bond acceptors (Lipinski definition) is 6. The van der Waals surface area contributed by atoms with E-state index in [1.165, 1.54) is 0 Å². The second kappa shape index (κ2) is 9.02. The molecule has 32 heavy (non-hydrogen) atoms. The van der Waals surface area contributed by atoms with Gasteiger partial charge in [0.05, 0.1) is 17.7 Å². The van der Waals surface area contributed by atoms with Gasteiger partial charge in [0, 0.05) is 12.6 Å². The minimum atomic E-state index is -0.998. The molecule has 0 aliphatic carbocycles. The largest absolute Gasteiger partial charge is 0.493 e. The number of piperidine rings is 1. The Kier molecular flexibility index (Phi) is 5.99. The van der Waals surface area contributed by atoms with E-state index >= 15 is 0 Å². The summed E-state index contributed by atoms with van der Waals surface area (Å²) < 4.78 is 5.83. The Labute approximate surface area is 185 Å². The molecule has 1 N–H and O–H groups in total. The average Bonchev–Trinajstić information content (AvgIpc) is 3.05. The summed E-state index contributed by atoms with van der Waals surface area (Å²) in [5, 5.41) is 2.19. The molecule has 1 aromatic carbocycles. The number of nitrogens with one attached hydrogen (secondary N) is 1. The summed E-state index contributed by atoms with van der Waals surface area (Å²) in [6.45, 7) is 0.367. The number of rotatable bonds is 7. The van der Waals surface area contributed by atoms with Crippen LogP contribution in [-0.4, -0.2) is 46.2 Å². The quantitative estimate of drug-likeness (QED) is 0.408. The Morgan fingerprint density at radius 2 is 1.97 bits per heavy atom. The molecule has 3 heterocycles. The van der Waals surface area contributed by atoms with Crippen LogP contribution in [0.15, 0.2) is 36.5 Å². The molecule has 8 nitrogen and oxygen atoms in total. The van der Waals surface area contributed by atoms with Gasteiger partial charge in [-0.1, -0.05) is 18.1 Å². The van der Waals surface area contributed by atoms with E-state index in [0.29, 0.717) is 18.1 Å². The number of carbonyl (C=O) groups excluding carboxylic acids is 4. The van der Waals surface area contributed by atoms with E-state index in [9.17, 15) is 19.2 Å². The van der Waals surface area contributed by atoms with Crippen LogP contribution in [0.25, 0.3) is 0 Å². The molecule has 8 heteroatoms. The number of hydrogen-bond donors (Lipinski definition) is 1. The van der Waals surface area contributed by atoms with Crippen molar-refractivity contribution in [2.24, 2.45) is 0 Å². The maximum Gasteiger partial charge on any atom is 0.266 e. The smallest absolute Gasteiger partial charge is 0.266 e. The van der Waals surface area contributed by atoms with Crippen molar-refractivity contribution in [3.8, 4) is 18.1 Å². The van der Waals surface area contributed by atoms with Gasteiger partial charge < -0.3 is 4.74 Å². The number of nitrogens with zero attached hydrogens (tertiary/aromatic N) is 2. The SMILES string of the molecule is C#Cc1ccc(CCCCOc2cccc3c2C(=O)N(C2CCC(=O)NC2=O)C3=O)cn1. The minimum absolute atomic E-state index is 0.0775. The van der Waals surface area contributed by atoms with Gasteiger partial charge >= 0.3 is 0 Å². The zero-order valence-corrected chi connectivity index (χ0v) is 17.3. The van der Waals surface area contributed by atoms with Gasteiger partial charge in [-0.15, -0.1) is 6.42 Å². The second-order valence-electron chi connectivity index (χ2n) is 7.63. The molecule has 2 aromatic rings. The molecule has 0 bridgehead atoms. The number of fused-ring (bicyclic) bond motifs is 1. The van der Waals surface area contributed by atoms with Crippen molar-refractivity contribution in [3.63, 3.8) is 0 Å². The Bertz CT molecular complexity index is 1130. The summed E-state index contributed by atoms with van der Waals surface area (Å²) in [7, 11) is 0. The number of benzene rings is 1. The fraction of sp³-hybridized carbons (Fsp3) is 0.292. The minimum Gasteiger partial charge on any atom is -0.493 e. The van der Waals surface area contributed by atoms with Gasteiger partial charge in [0.25, 0.3) is 11.8 Å². The first kappa shape index (κ1) is 21.2. The second-order valence-corrected chi connectivity index (χ2v) is 7.63. The van der Waals surface area contributed by atoms with Crippen molar-refractivity contribution in [2.45, 2.75) is 38.1 Å². The summed E-state index contributed by atoms with van der Waals surface area (Å²) in [5.74, 6) is 0.630. The standard InChI is InChI=1S/C24H21N3O5/c1-2-16-10-9-15(14-25-16)6-3-4-13-32-19-8-5-7-17-21(19)24(31)27(23(17)30)18-11-12-20(28)26-22(18)29/h1,5,7-10,14,18H,3-4,6,11-13H2,(H,26,28,29). The van der Waals surface area contributed by atoms with Gasteiger partial charge in [-0.05, 0) is 49.4 Å². The van der Waals surface area contributed by atoms with Crippen LogP contribution in [-0.2, 0) is 16.0 Å². The maximum atomic E-state index is 13.0. The third-order valence-corrected chi connectivity index (χ3v) is 5.52. The van der Waals surface area contributed by atoms with E-state index in [4.69, 9.17) is 11.2 Å². The number of ether oxygens (including phenoxy) is 1. The number of unbranched alkanes of at least 4 members (excludes halogenated alkanes) is 1. The van der Waals surface area contributed by atoms with Gasteiger partial charge in [0.15, 0.2) is 0 Å². The van der Waals surface area contributed by atoms with Crippen LogP contribution in [0.1, 0.15) is 57.7 Å². The summed E-state index contributed by atoms with van der Waals surface area (Å²) >= 11 is 0. The predicted octanol–water partition coefficient (Wildman–Crippen LogP) is 1.87. The Hall–Kier alpha value is -3.99. The molecule has 0 radical (unpaired) electrons. The third-order valence-electron chi connectivity index (χ3n) is 5.52. The first-order chi connectivity index (χ1) is 15.5. The number of pyridine rings is 1. The fourth-order valence-electron chi connectivity index (χ4n) is 3.88. The monoisotopic (exact) mass is 431 g/mol. The molecule has 2 aliphatic rings. The zero-order valence-electron chi connectivity index (χ0n) is 17.3. The van der Waals surface area contributed by atoms with E-state index in [1.54, 1.807) is 30.5 Å². The molecule has 1 unspecified atom stereocenters. The van der Waals surface area contributed by atoms with Crippen LogP contribution in [0.3, 0.4) is 0 Å².